The normalized spacial score (nSPS) is 16.3. The van der Waals surface area contributed by atoms with Crippen LogP contribution in [-0.2, 0) is 4.79 Å². The summed E-state index contributed by atoms with van der Waals surface area (Å²) >= 11 is 0. The smallest absolute Gasteiger partial charge is 0.327 e. The van der Waals surface area contributed by atoms with E-state index < -0.39 is 60.5 Å². The fraction of sp³-hybridized carbons (Fsp3) is 0.929. The Morgan fingerprint density at radius 1 is 0.690 bits per heavy atom. The van der Waals surface area contributed by atoms with Crippen LogP contribution in [0.2, 0.25) is 0 Å². The van der Waals surface area contributed by atoms with Gasteiger partial charge in [0.25, 0.3) is 0 Å². The number of Topliss-reactive ketones (excluding diaryl/α,β-unsaturated/α-hetero) is 1. The molecule has 0 radical (unpaired) electrons. The maximum absolute atomic E-state index is 13.6. The average Bonchev–Trinajstić information content (AvgIpc) is 2.42. The van der Waals surface area contributed by atoms with Gasteiger partial charge in [0.1, 0.15) is 5.78 Å². The van der Waals surface area contributed by atoms with Gasteiger partial charge in [-0.2, -0.15) is 57.1 Å². The summed E-state index contributed by atoms with van der Waals surface area (Å²) < 4.78 is 168. The van der Waals surface area contributed by atoms with Crippen LogP contribution in [0.4, 0.5) is 57.1 Å². The lowest BCUT2D eigenvalue weighted by Crippen LogP contribution is -2.70. The molecule has 0 aromatic heterocycles. The minimum absolute atomic E-state index is 0.290. The molecule has 0 bridgehead atoms. The standard InChI is InChI=1S/C14H16F13NO/c1-6(2)3-8(29)4-7(28)5-9(15,16)10(17,18)11(19,20)12(21,22)13(23,24)14(25,26)27/h6-7H,3-5,28H2,1-2H3. The van der Waals surface area contributed by atoms with Gasteiger partial charge in [-0.3, -0.25) is 4.79 Å². The van der Waals surface area contributed by atoms with Crippen molar-refractivity contribution in [2.24, 2.45) is 11.7 Å². The molecular weight excluding hydrogens is 445 g/mol. The Balaban J connectivity index is 5.84. The van der Waals surface area contributed by atoms with Crippen LogP contribution in [-0.4, -0.2) is 47.6 Å². The van der Waals surface area contributed by atoms with Gasteiger partial charge in [-0.15, -0.1) is 0 Å². The summed E-state index contributed by atoms with van der Waals surface area (Å²) in [5.41, 5.74) is 4.95. The van der Waals surface area contributed by atoms with Gasteiger partial charge in [0.15, 0.2) is 0 Å². The predicted molar refractivity (Wildman–Crippen MR) is 72.5 cm³/mol. The molecule has 0 spiro atoms. The van der Waals surface area contributed by atoms with E-state index in [-0.39, 0.29) is 12.3 Å². The first-order valence-electron chi connectivity index (χ1n) is 7.68. The SMILES string of the molecule is CC(C)CC(=O)CC(N)CC(F)(F)C(F)(F)C(F)(F)C(F)(F)C(F)(F)C(F)(F)F. The van der Waals surface area contributed by atoms with Gasteiger partial charge in [-0.25, -0.2) is 0 Å². The molecule has 1 atom stereocenters. The third-order valence-electron chi connectivity index (χ3n) is 3.64. The lowest BCUT2D eigenvalue weighted by Gasteiger charge is -2.40. The molecule has 0 aromatic carbocycles. The quantitative estimate of drug-likeness (QED) is 0.440. The Labute approximate surface area is 155 Å². The van der Waals surface area contributed by atoms with E-state index in [1.54, 1.807) is 0 Å². The molecule has 0 heterocycles. The number of halogens is 13. The number of ketones is 1. The summed E-state index contributed by atoms with van der Waals surface area (Å²) in [5.74, 6) is -38.4. The third-order valence-corrected chi connectivity index (χ3v) is 3.64. The molecule has 0 aromatic rings. The summed E-state index contributed by atoms with van der Waals surface area (Å²) in [6.07, 6.45) is -11.4. The fourth-order valence-corrected chi connectivity index (χ4v) is 2.16. The average molecular weight is 461 g/mol. The Morgan fingerprint density at radius 2 is 1.07 bits per heavy atom. The zero-order valence-corrected chi connectivity index (χ0v) is 14.7. The van der Waals surface area contributed by atoms with Crippen LogP contribution in [0.15, 0.2) is 0 Å². The molecule has 174 valence electrons. The number of carbonyl (C=O) groups is 1. The van der Waals surface area contributed by atoms with E-state index >= 15 is 0 Å². The van der Waals surface area contributed by atoms with Crippen LogP contribution in [0, 0.1) is 5.92 Å². The predicted octanol–water partition coefficient (Wildman–Crippen LogP) is 5.45. The number of rotatable bonds is 10. The fourth-order valence-electron chi connectivity index (χ4n) is 2.16. The highest BCUT2D eigenvalue weighted by Gasteiger charge is 2.90. The summed E-state index contributed by atoms with van der Waals surface area (Å²) in [7, 11) is 0. The second-order valence-corrected chi connectivity index (χ2v) is 6.80. The maximum atomic E-state index is 13.6. The van der Waals surface area contributed by atoms with Crippen LogP contribution in [0.25, 0.3) is 0 Å². The molecule has 0 fully saturated rings. The number of hydrogen-bond acceptors (Lipinski definition) is 2. The van der Waals surface area contributed by atoms with Gasteiger partial charge >= 0.3 is 35.8 Å². The Bertz CT molecular complexity index is 583. The summed E-state index contributed by atoms with van der Waals surface area (Å²) in [5, 5.41) is 0. The van der Waals surface area contributed by atoms with Crippen LogP contribution in [0.3, 0.4) is 0 Å². The third kappa shape index (κ3) is 5.08. The number of alkyl halides is 13. The molecule has 0 aliphatic rings. The molecular formula is C14H16F13NO. The lowest BCUT2D eigenvalue weighted by atomic mass is 9.89. The van der Waals surface area contributed by atoms with Crippen molar-refractivity contribution in [1.29, 1.82) is 0 Å². The maximum Gasteiger partial charge on any atom is 0.460 e. The molecule has 2 nitrogen and oxygen atoms in total. The van der Waals surface area contributed by atoms with E-state index in [1.807, 2.05) is 0 Å². The van der Waals surface area contributed by atoms with Crippen molar-refractivity contribution in [2.75, 3.05) is 0 Å². The van der Waals surface area contributed by atoms with Gasteiger partial charge in [0, 0.05) is 25.3 Å². The molecule has 0 aliphatic carbocycles. The molecule has 0 saturated carbocycles. The second-order valence-electron chi connectivity index (χ2n) is 6.80. The topological polar surface area (TPSA) is 43.1 Å². The van der Waals surface area contributed by atoms with Crippen LogP contribution >= 0.6 is 0 Å². The first kappa shape index (κ1) is 27.7. The van der Waals surface area contributed by atoms with Crippen LogP contribution in [0.5, 0.6) is 0 Å². The van der Waals surface area contributed by atoms with Crippen molar-refractivity contribution in [1.82, 2.24) is 0 Å². The summed E-state index contributed by atoms with van der Waals surface area (Å²) in [6.45, 7) is 2.96. The van der Waals surface area contributed by atoms with Gasteiger partial charge in [-0.1, -0.05) is 13.8 Å². The van der Waals surface area contributed by atoms with Crippen molar-refractivity contribution in [2.45, 2.75) is 74.9 Å². The molecule has 15 heteroatoms. The highest BCUT2D eigenvalue weighted by atomic mass is 19.4. The molecule has 0 aliphatic heterocycles. The molecule has 0 rings (SSSR count). The monoisotopic (exact) mass is 461 g/mol. The van der Waals surface area contributed by atoms with E-state index in [0.717, 1.165) is 0 Å². The van der Waals surface area contributed by atoms with Crippen molar-refractivity contribution >= 4 is 5.78 Å². The van der Waals surface area contributed by atoms with E-state index in [1.165, 1.54) is 13.8 Å². The second kappa shape index (κ2) is 8.10. The zero-order valence-electron chi connectivity index (χ0n) is 14.7. The van der Waals surface area contributed by atoms with E-state index in [4.69, 9.17) is 5.73 Å². The van der Waals surface area contributed by atoms with Gasteiger partial charge < -0.3 is 5.73 Å². The highest BCUT2D eigenvalue weighted by Crippen LogP contribution is 2.60. The zero-order chi connectivity index (χ0) is 23.9. The molecule has 0 saturated heterocycles. The van der Waals surface area contributed by atoms with Crippen LogP contribution in [0.1, 0.15) is 33.1 Å². The van der Waals surface area contributed by atoms with Gasteiger partial charge in [0.2, 0.25) is 0 Å². The van der Waals surface area contributed by atoms with E-state index in [2.05, 4.69) is 0 Å². The molecule has 29 heavy (non-hydrogen) atoms. The lowest BCUT2D eigenvalue weighted by molar-refractivity contribution is -0.440. The Hall–Kier alpha value is -1.28. The Morgan fingerprint density at radius 3 is 1.41 bits per heavy atom. The highest BCUT2D eigenvalue weighted by molar-refractivity contribution is 5.79. The molecule has 2 N–H and O–H groups in total. The number of nitrogens with two attached hydrogens (primary N) is 1. The summed E-state index contributed by atoms with van der Waals surface area (Å²) in [6, 6.07) is -2.30. The Kier molecular flexibility index (Phi) is 7.74. The minimum Gasteiger partial charge on any atom is -0.327 e. The number of carbonyl (C=O) groups excluding carboxylic acids is 1. The van der Waals surface area contributed by atoms with E-state index in [9.17, 15) is 61.9 Å². The molecule has 0 amide bonds. The molecule has 1 unspecified atom stereocenters. The first-order chi connectivity index (χ1) is 12.5. The van der Waals surface area contributed by atoms with Gasteiger partial charge in [0.05, 0.1) is 0 Å². The summed E-state index contributed by atoms with van der Waals surface area (Å²) in [4.78, 5) is 11.4. The van der Waals surface area contributed by atoms with E-state index in [0.29, 0.717) is 0 Å². The van der Waals surface area contributed by atoms with Crippen molar-refractivity contribution < 1.29 is 61.9 Å². The minimum atomic E-state index is -7.94. The van der Waals surface area contributed by atoms with Gasteiger partial charge in [-0.05, 0) is 5.92 Å². The largest absolute Gasteiger partial charge is 0.460 e. The van der Waals surface area contributed by atoms with Crippen LogP contribution < -0.4 is 5.73 Å². The van der Waals surface area contributed by atoms with Crippen molar-refractivity contribution in [3.05, 3.63) is 0 Å². The van der Waals surface area contributed by atoms with Crippen molar-refractivity contribution in [3.8, 4) is 0 Å². The van der Waals surface area contributed by atoms with Crippen molar-refractivity contribution in [3.63, 3.8) is 0 Å². The number of hydrogen-bond donors (Lipinski definition) is 1. The first-order valence-corrected chi connectivity index (χ1v) is 7.68.